The third-order valence-electron chi connectivity index (χ3n) is 5.03. The maximum absolute atomic E-state index is 13.7. The number of thiocarbonyl (C=S) groups is 1. The van der Waals surface area contributed by atoms with E-state index in [0.717, 1.165) is 11.1 Å². The molecule has 1 atom stereocenters. The van der Waals surface area contributed by atoms with Crippen LogP contribution in [0.4, 0.5) is 0 Å². The summed E-state index contributed by atoms with van der Waals surface area (Å²) in [6, 6.07) is 23.4. The first-order chi connectivity index (χ1) is 15.1. The lowest BCUT2D eigenvalue weighted by Gasteiger charge is -2.32. The molecule has 0 spiro atoms. The van der Waals surface area contributed by atoms with Crippen LogP contribution in [0.3, 0.4) is 0 Å². The summed E-state index contributed by atoms with van der Waals surface area (Å²) in [7, 11) is 0. The van der Waals surface area contributed by atoms with Crippen LogP contribution in [0.15, 0.2) is 84.4 Å². The van der Waals surface area contributed by atoms with E-state index in [0.29, 0.717) is 34.3 Å². The van der Waals surface area contributed by atoms with E-state index in [1.807, 2.05) is 55.5 Å². The van der Waals surface area contributed by atoms with E-state index in [2.05, 4.69) is 10.6 Å². The Hall–Kier alpha value is -3.64. The summed E-state index contributed by atoms with van der Waals surface area (Å²) >= 11 is 5.48. The molecule has 5 nitrogen and oxygen atoms in total. The summed E-state index contributed by atoms with van der Waals surface area (Å²) in [6.07, 6.45) is 0. The lowest BCUT2D eigenvalue weighted by molar-refractivity contribution is 0.102. The molecule has 156 valence electrons. The normalized spacial score (nSPS) is 15.8. The van der Waals surface area contributed by atoms with Crippen molar-refractivity contribution >= 4 is 28.8 Å². The van der Waals surface area contributed by atoms with E-state index in [9.17, 15) is 9.90 Å². The Morgan fingerprint density at radius 2 is 1.71 bits per heavy atom. The number of aromatic hydroxyl groups is 1. The first-order valence-corrected chi connectivity index (χ1v) is 10.4. The Morgan fingerprint density at radius 1 is 1.03 bits per heavy atom. The highest BCUT2D eigenvalue weighted by Gasteiger charge is 2.33. The molecule has 0 aromatic heterocycles. The second kappa shape index (κ2) is 9.02. The van der Waals surface area contributed by atoms with Gasteiger partial charge in [-0.25, -0.2) is 0 Å². The van der Waals surface area contributed by atoms with Crippen LogP contribution in [0.2, 0.25) is 0 Å². The number of hydrogen-bond donors (Lipinski definition) is 3. The third-order valence-corrected chi connectivity index (χ3v) is 5.25. The molecule has 0 radical (unpaired) electrons. The van der Waals surface area contributed by atoms with E-state index in [1.54, 1.807) is 30.3 Å². The number of rotatable bonds is 6. The SMILES string of the molecule is CCOc1cc(C2NC(=S)NC(c3ccccc3)=C2C(=O)c2ccccc2)ccc1O. The average Bonchev–Trinajstić information content (AvgIpc) is 2.81. The average molecular weight is 431 g/mol. The number of carbonyl (C=O) groups is 1. The van der Waals surface area contributed by atoms with Gasteiger partial charge in [-0.1, -0.05) is 66.7 Å². The fourth-order valence-electron chi connectivity index (χ4n) is 3.62. The summed E-state index contributed by atoms with van der Waals surface area (Å²) in [5, 5.41) is 17.0. The molecular formula is C25H22N2O3S. The molecule has 1 unspecified atom stereocenters. The van der Waals surface area contributed by atoms with Crippen molar-refractivity contribution in [3.63, 3.8) is 0 Å². The van der Waals surface area contributed by atoms with E-state index in [-0.39, 0.29) is 11.5 Å². The molecule has 1 aliphatic heterocycles. The van der Waals surface area contributed by atoms with E-state index in [1.165, 1.54) is 0 Å². The van der Waals surface area contributed by atoms with Gasteiger partial charge in [-0.2, -0.15) is 0 Å². The largest absolute Gasteiger partial charge is 0.504 e. The number of benzene rings is 3. The molecule has 0 fully saturated rings. The molecule has 31 heavy (non-hydrogen) atoms. The van der Waals surface area contributed by atoms with Gasteiger partial charge in [-0.05, 0) is 42.4 Å². The molecule has 3 aromatic rings. The van der Waals surface area contributed by atoms with Gasteiger partial charge in [0.25, 0.3) is 0 Å². The number of hydrogen-bond acceptors (Lipinski definition) is 4. The maximum Gasteiger partial charge on any atom is 0.193 e. The van der Waals surface area contributed by atoms with Gasteiger partial charge in [0.2, 0.25) is 0 Å². The van der Waals surface area contributed by atoms with Crippen molar-refractivity contribution in [2.24, 2.45) is 0 Å². The van der Waals surface area contributed by atoms with Crippen molar-refractivity contribution in [1.82, 2.24) is 10.6 Å². The minimum Gasteiger partial charge on any atom is -0.504 e. The molecule has 0 amide bonds. The molecule has 3 N–H and O–H groups in total. The van der Waals surface area contributed by atoms with Crippen LogP contribution in [-0.4, -0.2) is 22.6 Å². The topological polar surface area (TPSA) is 70.6 Å². The number of Topliss-reactive ketones (excluding diaryl/α,β-unsaturated/α-hetero) is 1. The number of ether oxygens (including phenoxy) is 1. The molecule has 0 saturated heterocycles. The summed E-state index contributed by atoms with van der Waals surface area (Å²) in [5.74, 6) is 0.294. The minimum absolute atomic E-state index is 0.0466. The van der Waals surface area contributed by atoms with Crippen molar-refractivity contribution in [1.29, 1.82) is 0 Å². The Kier molecular flexibility index (Phi) is 6.00. The second-order valence-electron chi connectivity index (χ2n) is 7.04. The lowest BCUT2D eigenvalue weighted by Crippen LogP contribution is -2.44. The van der Waals surface area contributed by atoms with Crippen molar-refractivity contribution in [3.8, 4) is 11.5 Å². The van der Waals surface area contributed by atoms with Gasteiger partial charge in [0, 0.05) is 5.56 Å². The highest BCUT2D eigenvalue weighted by atomic mass is 32.1. The molecule has 0 aliphatic carbocycles. The van der Waals surface area contributed by atoms with Crippen LogP contribution in [-0.2, 0) is 0 Å². The Balaban J connectivity index is 1.91. The van der Waals surface area contributed by atoms with E-state index < -0.39 is 6.04 Å². The minimum atomic E-state index is -0.517. The van der Waals surface area contributed by atoms with Crippen LogP contribution < -0.4 is 15.4 Å². The van der Waals surface area contributed by atoms with Crippen LogP contribution in [0.5, 0.6) is 11.5 Å². The zero-order valence-corrected chi connectivity index (χ0v) is 17.8. The molecule has 1 heterocycles. The monoisotopic (exact) mass is 430 g/mol. The van der Waals surface area contributed by atoms with Crippen LogP contribution in [0, 0.1) is 0 Å². The van der Waals surface area contributed by atoms with Gasteiger partial charge >= 0.3 is 0 Å². The van der Waals surface area contributed by atoms with Crippen molar-refractivity contribution in [2.75, 3.05) is 6.61 Å². The number of nitrogens with one attached hydrogen (secondary N) is 2. The van der Waals surface area contributed by atoms with Gasteiger partial charge in [-0.15, -0.1) is 0 Å². The van der Waals surface area contributed by atoms with Gasteiger partial charge in [0.15, 0.2) is 22.4 Å². The first kappa shape index (κ1) is 20.6. The predicted octanol–water partition coefficient (Wildman–Crippen LogP) is 4.60. The summed E-state index contributed by atoms with van der Waals surface area (Å²) in [6.45, 7) is 2.26. The molecular weight excluding hydrogens is 408 g/mol. The van der Waals surface area contributed by atoms with Crippen LogP contribution in [0.25, 0.3) is 5.70 Å². The van der Waals surface area contributed by atoms with E-state index >= 15 is 0 Å². The highest BCUT2D eigenvalue weighted by molar-refractivity contribution is 7.80. The molecule has 4 rings (SSSR count). The lowest BCUT2D eigenvalue weighted by atomic mass is 9.87. The Labute approximate surface area is 186 Å². The first-order valence-electron chi connectivity index (χ1n) is 10.0. The molecule has 3 aromatic carbocycles. The van der Waals surface area contributed by atoms with Crippen molar-refractivity contribution in [3.05, 3.63) is 101 Å². The zero-order valence-electron chi connectivity index (χ0n) is 17.0. The zero-order chi connectivity index (χ0) is 21.8. The summed E-state index contributed by atoms with van der Waals surface area (Å²) < 4.78 is 5.56. The summed E-state index contributed by atoms with van der Waals surface area (Å²) in [4.78, 5) is 13.7. The summed E-state index contributed by atoms with van der Waals surface area (Å²) in [5.41, 5.74) is 3.40. The van der Waals surface area contributed by atoms with Crippen molar-refractivity contribution in [2.45, 2.75) is 13.0 Å². The second-order valence-corrected chi connectivity index (χ2v) is 7.45. The fraction of sp³-hybridized carbons (Fsp3) is 0.120. The fourth-order valence-corrected chi connectivity index (χ4v) is 3.84. The van der Waals surface area contributed by atoms with Crippen molar-refractivity contribution < 1.29 is 14.6 Å². The Bertz CT molecular complexity index is 1140. The smallest absolute Gasteiger partial charge is 0.193 e. The van der Waals surface area contributed by atoms with Gasteiger partial charge in [0.05, 0.1) is 23.9 Å². The molecule has 0 bridgehead atoms. The molecule has 0 saturated carbocycles. The number of phenolic OH excluding ortho intramolecular Hbond substituents is 1. The quantitative estimate of drug-likeness (QED) is 0.392. The van der Waals surface area contributed by atoms with E-state index in [4.69, 9.17) is 17.0 Å². The third kappa shape index (κ3) is 4.29. The molecule has 6 heteroatoms. The standard InChI is InChI=1S/C25H22N2O3S/c1-2-30-20-15-18(13-14-19(20)28)23-21(24(29)17-11-7-4-8-12-17)22(26-25(31)27-23)16-9-5-3-6-10-16/h3-15,23,28H,2H2,1H3,(H2,26,27,31). The van der Waals surface area contributed by atoms with Crippen LogP contribution >= 0.6 is 12.2 Å². The van der Waals surface area contributed by atoms with Gasteiger partial charge in [0.1, 0.15) is 0 Å². The Morgan fingerprint density at radius 3 is 2.39 bits per heavy atom. The number of carbonyl (C=O) groups excluding carboxylic acids is 1. The maximum atomic E-state index is 13.7. The number of phenols is 1. The highest BCUT2D eigenvalue weighted by Crippen LogP contribution is 2.37. The van der Waals surface area contributed by atoms with Gasteiger partial charge in [-0.3, -0.25) is 4.79 Å². The number of ketones is 1. The van der Waals surface area contributed by atoms with Gasteiger partial charge < -0.3 is 20.5 Å². The molecule has 1 aliphatic rings. The van der Waals surface area contributed by atoms with Crippen LogP contribution in [0.1, 0.15) is 34.5 Å². The predicted molar refractivity (Wildman–Crippen MR) is 125 cm³/mol.